The Balaban J connectivity index is 1.27. The predicted molar refractivity (Wildman–Crippen MR) is 122 cm³/mol. The van der Waals surface area contributed by atoms with E-state index < -0.39 is 0 Å². The molecule has 3 heterocycles. The van der Waals surface area contributed by atoms with Crippen LogP contribution < -0.4 is 0 Å². The fourth-order valence-electron chi connectivity index (χ4n) is 5.37. The van der Waals surface area contributed by atoms with Crippen LogP contribution in [0.2, 0.25) is 0 Å². The van der Waals surface area contributed by atoms with Gasteiger partial charge in [0.25, 0.3) is 5.91 Å². The van der Waals surface area contributed by atoms with Crippen molar-refractivity contribution in [3.8, 4) is 0 Å². The quantitative estimate of drug-likeness (QED) is 0.589. The van der Waals surface area contributed by atoms with E-state index in [1.54, 1.807) is 18.6 Å². The van der Waals surface area contributed by atoms with Crippen LogP contribution in [0.1, 0.15) is 46.2 Å². The molecular formula is C27H30N2O2. The second kappa shape index (κ2) is 9.11. The number of carbonyl (C=O) groups excluding carboxylic acids is 1. The van der Waals surface area contributed by atoms with Crippen LogP contribution in [0.4, 0.5) is 0 Å². The molecule has 1 aromatic heterocycles. The summed E-state index contributed by atoms with van der Waals surface area (Å²) in [6, 6.07) is 23.4. The van der Waals surface area contributed by atoms with E-state index >= 15 is 0 Å². The van der Waals surface area contributed by atoms with Crippen molar-refractivity contribution in [2.45, 2.75) is 24.7 Å². The molecule has 2 saturated heterocycles. The third-order valence-electron chi connectivity index (χ3n) is 7.08. The van der Waals surface area contributed by atoms with Gasteiger partial charge < -0.3 is 14.2 Å². The molecule has 5 rings (SSSR count). The highest BCUT2D eigenvalue weighted by atomic mass is 16.3. The van der Waals surface area contributed by atoms with Crippen LogP contribution in [-0.2, 0) is 0 Å². The SMILES string of the molecule is O=C(c1ccoc1)N1CC(CN2CCC(c3ccccc3)CC2)C(c2ccccc2)C1. The zero-order valence-corrected chi connectivity index (χ0v) is 17.9. The van der Waals surface area contributed by atoms with E-state index in [0.717, 1.165) is 32.7 Å². The van der Waals surface area contributed by atoms with Gasteiger partial charge in [-0.2, -0.15) is 0 Å². The van der Waals surface area contributed by atoms with Crippen LogP contribution in [0.15, 0.2) is 83.7 Å². The van der Waals surface area contributed by atoms with Crippen molar-refractivity contribution in [2.75, 3.05) is 32.7 Å². The fourth-order valence-corrected chi connectivity index (χ4v) is 5.37. The van der Waals surface area contributed by atoms with Gasteiger partial charge in [0, 0.05) is 25.6 Å². The van der Waals surface area contributed by atoms with Gasteiger partial charge >= 0.3 is 0 Å². The summed E-state index contributed by atoms with van der Waals surface area (Å²) in [5.74, 6) is 1.58. The minimum absolute atomic E-state index is 0.0833. The Morgan fingerprint density at radius 3 is 2.19 bits per heavy atom. The average molecular weight is 415 g/mol. The molecule has 2 fully saturated rings. The van der Waals surface area contributed by atoms with E-state index in [9.17, 15) is 4.79 Å². The van der Waals surface area contributed by atoms with Crippen LogP contribution in [0.5, 0.6) is 0 Å². The number of benzene rings is 2. The Kier molecular flexibility index (Phi) is 5.90. The van der Waals surface area contributed by atoms with Gasteiger partial charge in [0.1, 0.15) is 6.26 Å². The van der Waals surface area contributed by atoms with Gasteiger partial charge in [0.05, 0.1) is 11.8 Å². The first-order chi connectivity index (χ1) is 15.3. The van der Waals surface area contributed by atoms with Gasteiger partial charge in [-0.3, -0.25) is 4.79 Å². The maximum absolute atomic E-state index is 13.0. The Morgan fingerprint density at radius 2 is 1.55 bits per heavy atom. The standard InChI is InChI=1S/C27H30N2O2/c30-27(24-13-16-31-20-24)29-18-25(26(19-29)23-9-5-2-6-10-23)17-28-14-11-22(12-15-28)21-7-3-1-4-8-21/h1-10,13,16,20,22,25-26H,11-12,14-15,17-19H2. The van der Waals surface area contributed by atoms with E-state index in [1.165, 1.54) is 24.0 Å². The largest absolute Gasteiger partial charge is 0.472 e. The number of rotatable bonds is 5. The first-order valence-electron chi connectivity index (χ1n) is 11.4. The van der Waals surface area contributed by atoms with Crippen molar-refractivity contribution in [1.82, 2.24) is 9.80 Å². The van der Waals surface area contributed by atoms with Crippen molar-refractivity contribution in [2.24, 2.45) is 5.92 Å². The Labute approximate surface area is 184 Å². The van der Waals surface area contributed by atoms with E-state index in [2.05, 4.69) is 65.6 Å². The average Bonchev–Trinajstić information content (AvgIpc) is 3.51. The van der Waals surface area contributed by atoms with Crippen molar-refractivity contribution >= 4 is 5.91 Å². The van der Waals surface area contributed by atoms with Gasteiger partial charge in [-0.1, -0.05) is 60.7 Å². The van der Waals surface area contributed by atoms with Crippen molar-refractivity contribution in [3.63, 3.8) is 0 Å². The van der Waals surface area contributed by atoms with Crippen molar-refractivity contribution in [3.05, 3.63) is 95.9 Å². The number of hydrogen-bond acceptors (Lipinski definition) is 3. The number of likely N-dealkylation sites (tertiary alicyclic amines) is 2. The Morgan fingerprint density at radius 1 is 0.871 bits per heavy atom. The molecule has 160 valence electrons. The summed E-state index contributed by atoms with van der Waals surface area (Å²) < 4.78 is 5.15. The fraction of sp³-hybridized carbons (Fsp3) is 0.370. The molecule has 0 saturated carbocycles. The summed E-state index contributed by atoms with van der Waals surface area (Å²) in [4.78, 5) is 17.6. The maximum Gasteiger partial charge on any atom is 0.257 e. The molecule has 4 nitrogen and oxygen atoms in total. The second-order valence-electron chi connectivity index (χ2n) is 8.98. The maximum atomic E-state index is 13.0. The minimum atomic E-state index is 0.0833. The molecule has 3 aromatic rings. The summed E-state index contributed by atoms with van der Waals surface area (Å²) in [5.41, 5.74) is 3.47. The lowest BCUT2D eigenvalue weighted by Crippen LogP contribution is -2.38. The van der Waals surface area contributed by atoms with Crippen LogP contribution in [0, 0.1) is 5.92 Å². The van der Waals surface area contributed by atoms with Gasteiger partial charge in [-0.25, -0.2) is 0 Å². The van der Waals surface area contributed by atoms with Gasteiger partial charge in [-0.15, -0.1) is 0 Å². The Bertz CT molecular complexity index is 963. The molecule has 31 heavy (non-hydrogen) atoms. The van der Waals surface area contributed by atoms with Crippen LogP contribution >= 0.6 is 0 Å². The first kappa shape index (κ1) is 20.1. The number of nitrogens with zero attached hydrogens (tertiary/aromatic N) is 2. The normalized spacial score (nSPS) is 22.6. The molecule has 1 amide bonds. The van der Waals surface area contributed by atoms with E-state index in [4.69, 9.17) is 4.42 Å². The number of furan rings is 1. The summed E-state index contributed by atoms with van der Waals surface area (Å²) >= 11 is 0. The van der Waals surface area contributed by atoms with Crippen LogP contribution in [-0.4, -0.2) is 48.4 Å². The molecule has 0 bridgehead atoms. The molecule has 0 aliphatic carbocycles. The third-order valence-corrected chi connectivity index (χ3v) is 7.08. The number of carbonyl (C=O) groups is 1. The van der Waals surface area contributed by atoms with E-state index in [0.29, 0.717) is 23.3 Å². The molecule has 2 aromatic carbocycles. The first-order valence-corrected chi connectivity index (χ1v) is 11.4. The van der Waals surface area contributed by atoms with Crippen molar-refractivity contribution in [1.29, 1.82) is 0 Å². The smallest absolute Gasteiger partial charge is 0.257 e. The summed E-state index contributed by atoms with van der Waals surface area (Å²) in [6.45, 7) is 4.90. The van der Waals surface area contributed by atoms with Crippen LogP contribution in [0.25, 0.3) is 0 Å². The molecule has 2 aliphatic rings. The predicted octanol–water partition coefficient (Wildman–Crippen LogP) is 5.02. The number of piperidine rings is 1. The zero-order chi connectivity index (χ0) is 21.0. The molecule has 0 radical (unpaired) electrons. The zero-order valence-electron chi connectivity index (χ0n) is 17.9. The molecule has 2 unspecified atom stereocenters. The summed E-state index contributed by atoms with van der Waals surface area (Å²) in [5, 5.41) is 0. The summed E-state index contributed by atoms with van der Waals surface area (Å²) in [7, 11) is 0. The molecule has 0 N–H and O–H groups in total. The molecule has 2 atom stereocenters. The highest BCUT2D eigenvalue weighted by Gasteiger charge is 2.38. The monoisotopic (exact) mass is 414 g/mol. The van der Waals surface area contributed by atoms with Gasteiger partial charge in [0.2, 0.25) is 0 Å². The summed E-state index contributed by atoms with van der Waals surface area (Å²) in [6.07, 6.45) is 5.56. The number of amides is 1. The lowest BCUT2D eigenvalue weighted by Gasteiger charge is -2.34. The molecule has 0 spiro atoms. The highest BCUT2D eigenvalue weighted by molar-refractivity contribution is 5.94. The highest BCUT2D eigenvalue weighted by Crippen LogP contribution is 2.35. The van der Waals surface area contributed by atoms with Crippen LogP contribution in [0.3, 0.4) is 0 Å². The van der Waals surface area contributed by atoms with Crippen molar-refractivity contribution < 1.29 is 9.21 Å². The van der Waals surface area contributed by atoms with Gasteiger partial charge in [-0.05, 0) is 55.0 Å². The molecule has 4 heteroatoms. The van der Waals surface area contributed by atoms with E-state index in [1.807, 2.05) is 4.90 Å². The lowest BCUT2D eigenvalue weighted by atomic mass is 9.86. The van der Waals surface area contributed by atoms with E-state index in [-0.39, 0.29) is 5.91 Å². The Hall–Kier alpha value is -2.85. The second-order valence-corrected chi connectivity index (χ2v) is 8.98. The third kappa shape index (κ3) is 4.45. The lowest BCUT2D eigenvalue weighted by molar-refractivity contribution is 0.0780. The molecular weight excluding hydrogens is 384 g/mol. The van der Waals surface area contributed by atoms with Gasteiger partial charge in [0.15, 0.2) is 0 Å². The topological polar surface area (TPSA) is 36.7 Å². The molecule has 2 aliphatic heterocycles. The minimum Gasteiger partial charge on any atom is -0.472 e. The number of hydrogen-bond donors (Lipinski definition) is 0.